The fraction of sp³-hybridized carbons (Fsp3) is 0. The van der Waals surface area contributed by atoms with Gasteiger partial charge in [0, 0.05) is 0 Å². The Morgan fingerprint density at radius 3 is 0.500 bits per heavy atom. The van der Waals surface area contributed by atoms with Gasteiger partial charge in [0.05, 0.1) is 0 Å². The molecule has 0 aliphatic heterocycles. The van der Waals surface area contributed by atoms with Crippen LogP contribution in [0.25, 0.3) is 0 Å². The molecule has 0 N–H and O–H groups in total. The van der Waals surface area contributed by atoms with Gasteiger partial charge in [-0.1, -0.05) is 0 Å². The predicted molar refractivity (Wildman–Crippen MR) is 31.4 cm³/mol. The van der Waals surface area contributed by atoms with E-state index in [0.717, 1.165) is 0 Å². The van der Waals surface area contributed by atoms with Crippen molar-refractivity contribution in [1.29, 1.82) is 0 Å². The second-order valence-electron chi connectivity index (χ2n) is 0. The molecule has 0 saturated carbocycles. The first-order valence-electron chi connectivity index (χ1n) is 0. The summed E-state index contributed by atoms with van der Waals surface area (Å²) in [5, 5.41) is 0. The summed E-state index contributed by atoms with van der Waals surface area (Å²) in [5.74, 6) is 0. The van der Waals surface area contributed by atoms with E-state index in [1.807, 2.05) is 0 Å². The van der Waals surface area contributed by atoms with Crippen LogP contribution in [0, 0.1) is 0 Å². The van der Waals surface area contributed by atoms with E-state index in [0.29, 0.717) is 0 Å². The van der Waals surface area contributed by atoms with Crippen LogP contribution in [0.2, 0.25) is 0 Å². The molecular weight excluding hydrogens is 191 g/mol. The van der Waals surface area contributed by atoms with Gasteiger partial charge in [0.1, 0.15) is 0 Å². The summed E-state index contributed by atoms with van der Waals surface area (Å²) in [6.45, 7) is 0. The molecule has 4 heteroatoms. The van der Waals surface area contributed by atoms with Crippen molar-refractivity contribution in [2.75, 3.05) is 0 Å². The van der Waals surface area contributed by atoms with E-state index in [1.165, 1.54) is 0 Å². The van der Waals surface area contributed by atoms with Crippen LogP contribution in [0.15, 0.2) is 0 Å². The molecular formula is H6Na3Sb. The molecule has 0 fully saturated rings. The second-order valence-corrected chi connectivity index (χ2v) is 0. The van der Waals surface area contributed by atoms with Gasteiger partial charge in [-0.25, -0.2) is 0 Å². The van der Waals surface area contributed by atoms with Crippen molar-refractivity contribution in [3.8, 4) is 0 Å². The molecule has 0 aliphatic rings. The van der Waals surface area contributed by atoms with E-state index in [2.05, 4.69) is 0 Å². The first-order valence-corrected chi connectivity index (χ1v) is 0. The average molecular weight is 197 g/mol. The Morgan fingerprint density at radius 2 is 0.500 bits per heavy atom. The van der Waals surface area contributed by atoms with Crippen LogP contribution in [-0.4, -0.2) is 113 Å². The summed E-state index contributed by atoms with van der Waals surface area (Å²) in [6.07, 6.45) is 0. The third-order valence-electron chi connectivity index (χ3n) is 0. The van der Waals surface area contributed by atoms with Gasteiger partial charge in [0.2, 0.25) is 0 Å². The fourth-order valence-corrected chi connectivity index (χ4v) is 0. The molecule has 4 heavy (non-hydrogen) atoms. The van der Waals surface area contributed by atoms with Gasteiger partial charge in [0.15, 0.2) is 0 Å². The van der Waals surface area contributed by atoms with Crippen LogP contribution in [0.5, 0.6) is 0 Å². The summed E-state index contributed by atoms with van der Waals surface area (Å²) >= 11 is 0. The molecule has 0 radical (unpaired) electrons. The summed E-state index contributed by atoms with van der Waals surface area (Å²) < 4.78 is 0. The molecule has 0 nitrogen and oxygen atoms in total. The van der Waals surface area contributed by atoms with Crippen molar-refractivity contribution in [2.45, 2.75) is 0 Å². The van der Waals surface area contributed by atoms with Crippen LogP contribution in [0.3, 0.4) is 0 Å². The molecule has 0 spiro atoms. The Bertz CT molecular complexity index is 3.25. The minimum atomic E-state index is 0. The molecule has 0 saturated heterocycles. The van der Waals surface area contributed by atoms with Crippen LogP contribution >= 0.6 is 0 Å². The summed E-state index contributed by atoms with van der Waals surface area (Å²) in [7, 11) is 0. The van der Waals surface area contributed by atoms with Gasteiger partial charge < -0.3 is 0 Å². The standard InChI is InChI=1S/3Na.Sb.6H. The second kappa shape index (κ2) is 15.8. The third kappa shape index (κ3) is 9.26. The Balaban J connectivity index is 0. The Labute approximate surface area is 110 Å². The van der Waals surface area contributed by atoms with Crippen molar-refractivity contribution >= 4 is 113 Å². The molecule has 0 heterocycles. The first-order chi connectivity index (χ1) is 0. The topological polar surface area (TPSA) is 0 Å². The van der Waals surface area contributed by atoms with Gasteiger partial charge in [0.25, 0.3) is 0 Å². The van der Waals surface area contributed by atoms with Gasteiger partial charge in [-0.2, -0.15) is 0 Å². The quantitative estimate of drug-likeness (QED) is 0.360. The molecule has 0 rings (SSSR count). The van der Waals surface area contributed by atoms with E-state index >= 15 is 0 Å². The Morgan fingerprint density at radius 1 is 0.500 bits per heavy atom. The van der Waals surface area contributed by atoms with Gasteiger partial charge in [-0.05, 0) is 0 Å². The van der Waals surface area contributed by atoms with Crippen molar-refractivity contribution in [2.24, 2.45) is 0 Å². The molecule has 0 bridgehead atoms. The summed E-state index contributed by atoms with van der Waals surface area (Å²) in [4.78, 5) is 0. The van der Waals surface area contributed by atoms with Crippen LogP contribution < -0.4 is 0 Å². The zero-order chi connectivity index (χ0) is 0. The molecule has 0 amide bonds. The van der Waals surface area contributed by atoms with Crippen LogP contribution in [-0.2, 0) is 0 Å². The Kier molecular flexibility index (Phi) is 98.7. The molecule has 14 valence electrons. The molecule has 0 aromatic carbocycles. The maximum atomic E-state index is 0. The van der Waals surface area contributed by atoms with E-state index in [4.69, 9.17) is 0 Å². The van der Waals surface area contributed by atoms with E-state index in [-0.39, 0.29) is 113 Å². The van der Waals surface area contributed by atoms with Crippen molar-refractivity contribution in [3.63, 3.8) is 0 Å². The normalized spacial score (nSPS) is 0. The monoisotopic (exact) mass is 196 g/mol. The SMILES string of the molecule is [NaH].[NaH].[NaH].[SbH3]. The van der Waals surface area contributed by atoms with E-state index in [9.17, 15) is 0 Å². The zero-order valence-electron chi connectivity index (χ0n) is 0.707. The van der Waals surface area contributed by atoms with E-state index in [1.54, 1.807) is 0 Å². The molecule has 0 atom stereocenters. The number of hydrogen-bond acceptors (Lipinski definition) is 0. The molecule has 0 aromatic heterocycles. The van der Waals surface area contributed by atoms with Crippen molar-refractivity contribution < 1.29 is 0 Å². The van der Waals surface area contributed by atoms with Gasteiger partial charge in [-0.15, -0.1) is 0 Å². The fourth-order valence-electron chi connectivity index (χ4n) is 0. The number of rotatable bonds is 0. The minimum absolute atomic E-state index is 0. The predicted octanol–water partition coefficient (Wildman–Crippen LogP) is -3.13. The van der Waals surface area contributed by atoms with Gasteiger partial charge >= 0.3 is 113 Å². The van der Waals surface area contributed by atoms with Crippen LogP contribution in [0.1, 0.15) is 0 Å². The van der Waals surface area contributed by atoms with E-state index < -0.39 is 0 Å². The molecule has 0 unspecified atom stereocenters. The Hall–Kier alpha value is 3.82. The number of hydrogen-bond donors (Lipinski definition) is 0. The zero-order valence-corrected chi connectivity index (χ0v) is 4.74. The third-order valence-corrected chi connectivity index (χ3v) is 0. The van der Waals surface area contributed by atoms with Crippen molar-refractivity contribution in [3.05, 3.63) is 0 Å². The maximum absolute atomic E-state index is 0. The van der Waals surface area contributed by atoms with Crippen LogP contribution in [0.4, 0.5) is 0 Å². The molecule has 0 aromatic rings. The average Bonchev–Trinajstić information content (AvgIpc) is 0. The van der Waals surface area contributed by atoms with Crippen molar-refractivity contribution in [1.82, 2.24) is 0 Å². The summed E-state index contributed by atoms with van der Waals surface area (Å²) in [6, 6.07) is 0. The molecule has 0 aliphatic carbocycles. The van der Waals surface area contributed by atoms with Gasteiger partial charge in [-0.3, -0.25) is 0 Å². The summed E-state index contributed by atoms with van der Waals surface area (Å²) in [5.41, 5.74) is 0. The first kappa shape index (κ1) is 24.9.